The van der Waals surface area contributed by atoms with Crippen LogP contribution in [0.1, 0.15) is 16.7 Å². The largest absolute Gasteiger partial charge is 0.486 e. The maximum Gasteiger partial charge on any atom is 0.317 e. The molecular formula is C20H24N2O4. The van der Waals surface area contributed by atoms with Crippen LogP contribution in [0.15, 0.2) is 42.5 Å². The molecule has 0 aliphatic carbocycles. The number of carbonyl (C=O) groups excluding carboxylic acids is 1. The number of urea groups is 1. The normalized spacial score (nSPS) is 12.5. The van der Waals surface area contributed by atoms with Gasteiger partial charge in [-0.25, -0.2) is 4.79 Å². The van der Waals surface area contributed by atoms with Crippen molar-refractivity contribution in [3.05, 3.63) is 59.2 Å². The van der Waals surface area contributed by atoms with Crippen molar-refractivity contribution in [3.63, 3.8) is 0 Å². The van der Waals surface area contributed by atoms with Crippen LogP contribution in [0, 0.1) is 0 Å². The molecule has 0 aromatic heterocycles. The molecule has 6 nitrogen and oxygen atoms in total. The maximum absolute atomic E-state index is 12.4. The standard InChI is InChI=1S/C20H24N2O4/c1-22(13-15-7-8-18-19(11-15)26-10-9-25-18)20(23)21-12-16-5-3-4-6-17(16)14-24-2/h3-8,11H,9-10,12-14H2,1-2H3,(H,21,23). The number of hydrogen-bond acceptors (Lipinski definition) is 4. The van der Waals surface area contributed by atoms with Crippen LogP contribution in [0.3, 0.4) is 0 Å². The molecule has 0 bridgehead atoms. The van der Waals surface area contributed by atoms with Crippen molar-refractivity contribution >= 4 is 6.03 Å². The molecule has 0 spiro atoms. The Morgan fingerprint density at radius 3 is 2.62 bits per heavy atom. The van der Waals surface area contributed by atoms with Gasteiger partial charge in [0.05, 0.1) is 6.61 Å². The van der Waals surface area contributed by atoms with Gasteiger partial charge < -0.3 is 24.4 Å². The zero-order valence-corrected chi connectivity index (χ0v) is 15.2. The van der Waals surface area contributed by atoms with E-state index in [1.54, 1.807) is 19.1 Å². The third-order valence-corrected chi connectivity index (χ3v) is 4.22. The van der Waals surface area contributed by atoms with Crippen molar-refractivity contribution in [1.29, 1.82) is 0 Å². The van der Waals surface area contributed by atoms with Crippen molar-refractivity contribution in [3.8, 4) is 11.5 Å². The molecule has 138 valence electrons. The fourth-order valence-electron chi connectivity index (χ4n) is 2.86. The molecule has 2 aromatic rings. The van der Waals surface area contributed by atoms with Crippen molar-refractivity contribution < 1.29 is 19.0 Å². The Morgan fingerprint density at radius 2 is 1.85 bits per heavy atom. The Hall–Kier alpha value is -2.73. The summed E-state index contributed by atoms with van der Waals surface area (Å²) in [4.78, 5) is 14.0. The molecule has 0 radical (unpaired) electrons. The van der Waals surface area contributed by atoms with Crippen LogP contribution in [-0.2, 0) is 24.4 Å². The van der Waals surface area contributed by atoms with Crippen molar-refractivity contribution in [2.45, 2.75) is 19.7 Å². The summed E-state index contributed by atoms with van der Waals surface area (Å²) < 4.78 is 16.3. The minimum absolute atomic E-state index is 0.132. The van der Waals surface area contributed by atoms with Crippen molar-refractivity contribution in [2.24, 2.45) is 0 Å². The molecule has 26 heavy (non-hydrogen) atoms. The quantitative estimate of drug-likeness (QED) is 0.865. The molecule has 1 N–H and O–H groups in total. The van der Waals surface area contributed by atoms with Gasteiger partial charge in [0.2, 0.25) is 0 Å². The van der Waals surface area contributed by atoms with Crippen LogP contribution in [-0.4, -0.2) is 38.3 Å². The van der Waals surface area contributed by atoms with Gasteiger partial charge in [0.25, 0.3) is 0 Å². The van der Waals surface area contributed by atoms with Gasteiger partial charge in [-0.1, -0.05) is 30.3 Å². The van der Waals surface area contributed by atoms with Gasteiger partial charge in [-0.3, -0.25) is 0 Å². The van der Waals surface area contributed by atoms with E-state index in [2.05, 4.69) is 5.32 Å². The highest BCUT2D eigenvalue weighted by molar-refractivity contribution is 5.74. The Kier molecular flexibility index (Phi) is 5.96. The van der Waals surface area contributed by atoms with Crippen LogP contribution in [0.4, 0.5) is 4.79 Å². The second kappa shape index (κ2) is 8.58. The number of nitrogens with zero attached hydrogens (tertiary/aromatic N) is 1. The summed E-state index contributed by atoms with van der Waals surface area (Å²) in [7, 11) is 3.43. The first-order valence-electron chi connectivity index (χ1n) is 8.60. The van der Waals surface area contributed by atoms with E-state index in [1.165, 1.54) is 0 Å². The second-order valence-corrected chi connectivity index (χ2v) is 6.19. The first kappa shape index (κ1) is 18.1. The van der Waals surface area contributed by atoms with E-state index in [0.717, 1.165) is 28.2 Å². The highest BCUT2D eigenvalue weighted by Gasteiger charge is 2.14. The zero-order valence-electron chi connectivity index (χ0n) is 15.2. The average molecular weight is 356 g/mol. The van der Waals surface area contributed by atoms with E-state index in [-0.39, 0.29) is 6.03 Å². The predicted octanol–water partition coefficient (Wildman–Crippen LogP) is 2.95. The summed E-state index contributed by atoms with van der Waals surface area (Å²) in [6, 6.07) is 13.5. The summed E-state index contributed by atoms with van der Waals surface area (Å²) in [5.41, 5.74) is 3.12. The Balaban J connectivity index is 1.57. The van der Waals surface area contributed by atoms with Gasteiger partial charge in [0.15, 0.2) is 11.5 Å². The number of rotatable bonds is 6. The van der Waals surface area contributed by atoms with E-state index in [9.17, 15) is 4.79 Å². The lowest BCUT2D eigenvalue weighted by Crippen LogP contribution is -2.36. The molecule has 0 saturated heterocycles. The van der Waals surface area contributed by atoms with Gasteiger partial charge >= 0.3 is 6.03 Å². The molecule has 1 aliphatic heterocycles. The third kappa shape index (κ3) is 4.46. The Bertz CT molecular complexity index is 763. The van der Waals surface area contributed by atoms with Crippen LogP contribution in [0.5, 0.6) is 11.5 Å². The number of amides is 2. The molecule has 0 unspecified atom stereocenters. The SMILES string of the molecule is COCc1ccccc1CNC(=O)N(C)Cc1ccc2c(c1)OCCO2. The van der Waals surface area contributed by atoms with Gasteiger partial charge in [-0.2, -0.15) is 0 Å². The lowest BCUT2D eigenvalue weighted by molar-refractivity contribution is 0.171. The minimum atomic E-state index is -0.132. The third-order valence-electron chi connectivity index (χ3n) is 4.22. The van der Waals surface area contributed by atoms with Crippen LogP contribution in [0.2, 0.25) is 0 Å². The number of nitrogens with one attached hydrogen (secondary N) is 1. The van der Waals surface area contributed by atoms with Crippen LogP contribution < -0.4 is 14.8 Å². The summed E-state index contributed by atoms with van der Waals surface area (Å²) >= 11 is 0. The number of methoxy groups -OCH3 is 1. The average Bonchev–Trinajstić information content (AvgIpc) is 2.67. The molecule has 2 amide bonds. The molecule has 1 heterocycles. The Labute approximate surface area is 153 Å². The fraction of sp³-hybridized carbons (Fsp3) is 0.350. The number of carbonyl (C=O) groups is 1. The van der Waals surface area contributed by atoms with Crippen molar-refractivity contribution in [2.75, 3.05) is 27.4 Å². The lowest BCUT2D eigenvalue weighted by atomic mass is 10.1. The van der Waals surface area contributed by atoms with E-state index in [0.29, 0.717) is 32.9 Å². The van der Waals surface area contributed by atoms with Crippen LogP contribution in [0.25, 0.3) is 0 Å². The maximum atomic E-state index is 12.4. The fourth-order valence-corrected chi connectivity index (χ4v) is 2.86. The molecule has 1 aliphatic rings. The topological polar surface area (TPSA) is 60.0 Å². The van der Waals surface area contributed by atoms with Gasteiger partial charge in [0, 0.05) is 27.2 Å². The highest BCUT2D eigenvalue weighted by atomic mass is 16.6. The number of fused-ring (bicyclic) bond motifs is 1. The minimum Gasteiger partial charge on any atom is -0.486 e. The summed E-state index contributed by atoms with van der Waals surface area (Å²) in [6.45, 7) is 2.60. The van der Waals surface area contributed by atoms with E-state index in [4.69, 9.17) is 14.2 Å². The molecule has 2 aromatic carbocycles. The molecule has 0 saturated carbocycles. The number of benzene rings is 2. The number of hydrogen-bond donors (Lipinski definition) is 1. The first-order valence-corrected chi connectivity index (χ1v) is 8.60. The second-order valence-electron chi connectivity index (χ2n) is 6.19. The first-order chi connectivity index (χ1) is 12.7. The van der Waals surface area contributed by atoms with E-state index < -0.39 is 0 Å². The smallest absolute Gasteiger partial charge is 0.317 e. The molecule has 0 fully saturated rings. The van der Waals surface area contributed by atoms with Gasteiger partial charge in [-0.15, -0.1) is 0 Å². The van der Waals surface area contributed by atoms with E-state index in [1.807, 2.05) is 42.5 Å². The molecule has 3 rings (SSSR count). The summed E-state index contributed by atoms with van der Waals surface area (Å²) in [5.74, 6) is 1.48. The zero-order chi connectivity index (χ0) is 18.4. The summed E-state index contributed by atoms with van der Waals surface area (Å²) in [5, 5.41) is 2.96. The van der Waals surface area contributed by atoms with Gasteiger partial charge in [0.1, 0.15) is 13.2 Å². The molecular weight excluding hydrogens is 332 g/mol. The van der Waals surface area contributed by atoms with Gasteiger partial charge in [-0.05, 0) is 28.8 Å². The molecule has 6 heteroatoms. The summed E-state index contributed by atoms with van der Waals surface area (Å²) in [6.07, 6.45) is 0. The predicted molar refractivity (Wildman–Crippen MR) is 98.3 cm³/mol. The Morgan fingerprint density at radius 1 is 1.12 bits per heavy atom. The van der Waals surface area contributed by atoms with E-state index >= 15 is 0 Å². The lowest BCUT2D eigenvalue weighted by Gasteiger charge is -2.21. The monoisotopic (exact) mass is 356 g/mol. The number of ether oxygens (including phenoxy) is 3. The van der Waals surface area contributed by atoms with Crippen molar-refractivity contribution in [1.82, 2.24) is 10.2 Å². The molecule has 0 atom stereocenters. The van der Waals surface area contributed by atoms with Crippen LogP contribution >= 0.6 is 0 Å². The highest BCUT2D eigenvalue weighted by Crippen LogP contribution is 2.31.